The average molecular weight is 317 g/mol. The van der Waals surface area contributed by atoms with Gasteiger partial charge in [-0.1, -0.05) is 29.3 Å². The molecule has 2 aromatic rings. The summed E-state index contributed by atoms with van der Waals surface area (Å²) in [5.41, 5.74) is 0.911. The first-order chi connectivity index (χ1) is 8.79. The van der Waals surface area contributed by atoms with E-state index in [0.29, 0.717) is 27.1 Å². The lowest BCUT2D eigenvalue weighted by atomic mass is 10.1. The van der Waals surface area contributed by atoms with Crippen LogP contribution in [0.2, 0.25) is 10.0 Å². The Morgan fingerprint density at radius 2 is 1.84 bits per heavy atom. The maximum Gasteiger partial charge on any atom is 0.179 e. The molecule has 0 bridgehead atoms. The summed E-state index contributed by atoms with van der Waals surface area (Å²) in [6.45, 7) is 1.69. The van der Waals surface area contributed by atoms with E-state index in [1.165, 1.54) is 6.20 Å². The van der Waals surface area contributed by atoms with Crippen LogP contribution in [0.3, 0.4) is 0 Å². The van der Waals surface area contributed by atoms with E-state index in [-0.39, 0.29) is 4.90 Å². The molecule has 0 N–H and O–H groups in total. The molecule has 19 heavy (non-hydrogen) atoms. The topological polar surface area (TPSA) is 59.9 Å². The standard InChI is InChI=1S/C12H10Cl2N2O2S/c1-7-15-6-11(19(2,17)18)12(16-7)8-3-4-9(13)10(14)5-8/h3-6H,1-2H3. The molecule has 2 rings (SSSR count). The summed E-state index contributed by atoms with van der Waals surface area (Å²) in [6.07, 6.45) is 2.41. The lowest BCUT2D eigenvalue weighted by molar-refractivity contribution is 0.601. The smallest absolute Gasteiger partial charge is 0.179 e. The molecule has 1 aromatic heterocycles. The summed E-state index contributed by atoms with van der Waals surface area (Å²) in [5.74, 6) is 0.480. The van der Waals surface area contributed by atoms with Crippen LogP contribution in [0.25, 0.3) is 11.3 Å². The number of hydrogen-bond acceptors (Lipinski definition) is 4. The summed E-state index contributed by atoms with van der Waals surface area (Å²) >= 11 is 11.8. The van der Waals surface area contributed by atoms with Gasteiger partial charge < -0.3 is 0 Å². The third-order valence-corrected chi connectivity index (χ3v) is 4.30. The van der Waals surface area contributed by atoms with Crippen molar-refractivity contribution in [3.8, 4) is 11.3 Å². The Bertz CT molecular complexity index is 745. The minimum absolute atomic E-state index is 0.0662. The van der Waals surface area contributed by atoms with Crippen LogP contribution in [0.1, 0.15) is 5.82 Å². The predicted molar refractivity (Wildman–Crippen MR) is 75.3 cm³/mol. The fourth-order valence-corrected chi connectivity index (χ4v) is 2.64. The molecule has 0 aliphatic carbocycles. The highest BCUT2D eigenvalue weighted by Gasteiger charge is 2.17. The molecule has 0 radical (unpaired) electrons. The quantitative estimate of drug-likeness (QED) is 0.853. The number of aryl methyl sites for hydroxylation is 1. The van der Waals surface area contributed by atoms with Gasteiger partial charge in [0.15, 0.2) is 9.84 Å². The van der Waals surface area contributed by atoms with E-state index in [1.807, 2.05) is 0 Å². The van der Waals surface area contributed by atoms with Crippen molar-refractivity contribution in [1.82, 2.24) is 9.97 Å². The molecule has 0 saturated carbocycles. The molecule has 100 valence electrons. The highest BCUT2D eigenvalue weighted by atomic mass is 35.5. The minimum Gasteiger partial charge on any atom is -0.240 e. The van der Waals surface area contributed by atoms with Gasteiger partial charge in [0.1, 0.15) is 10.7 Å². The van der Waals surface area contributed by atoms with Gasteiger partial charge in [-0.15, -0.1) is 0 Å². The van der Waals surface area contributed by atoms with Crippen molar-refractivity contribution in [3.63, 3.8) is 0 Å². The Kier molecular flexibility index (Phi) is 3.80. The third kappa shape index (κ3) is 3.05. The zero-order valence-electron chi connectivity index (χ0n) is 10.2. The van der Waals surface area contributed by atoms with E-state index in [9.17, 15) is 8.42 Å². The Hall–Kier alpha value is -1.17. The fraction of sp³-hybridized carbons (Fsp3) is 0.167. The van der Waals surface area contributed by atoms with E-state index in [0.717, 1.165) is 6.26 Å². The minimum atomic E-state index is -3.42. The van der Waals surface area contributed by atoms with Gasteiger partial charge in [-0.3, -0.25) is 0 Å². The molecule has 0 spiro atoms. The van der Waals surface area contributed by atoms with Gasteiger partial charge in [-0.2, -0.15) is 0 Å². The number of halogens is 2. The molecule has 0 fully saturated rings. The maximum absolute atomic E-state index is 11.8. The number of benzene rings is 1. The highest BCUT2D eigenvalue weighted by molar-refractivity contribution is 7.90. The zero-order chi connectivity index (χ0) is 14.2. The second kappa shape index (κ2) is 5.07. The predicted octanol–water partition coefficient (Wildman–Crippen LogP) is 3.16. The van der Waals surface area contributed by atoms with Crippen molar-refractivity contribution < 1.29 is 8.42 Å². The van der Waals surface area contributed by atoms with Crippen molar-refractivity contribution in [2.45, 2.75) is 11.8 Å². The van der Waals surface area contributed by atoms with Crippen LogP contribution in [-0.4, -0.2) is 24.6 Å². The normalized spacial score (nSPS) is 11.6. The molecule has 0 saturated heterocycles. The number of sulfone groups is 1. The van der Waals surface area contributed by atoms with Crippen molar-refractivity contribution in [2.24, 2.45) is 0 Å². The first-order valence-electron chi connectivity index (χ1n) is 5.28. The Morgan fingerprint density at radius 3 is 2.42 bits per heavy atom. The van der Waals surface area contributed by atoms with Gasteiger partial charge in [-0.05, 0) is 19.1 Å². The Labute approximate surface area is 121 Å². The van der Waals surface area contributed by atoms with Crippen LogP contribution in [0.15, 0.2) is 29.3 Å². The molecule has 7 heteroatoms. The van der Waals surface area contributed by atoms with Gasteiger partial charge in [-0.25, -0.2) is 18.4 Å². The van der Waals surface area contributed by atoms with Gasteiger partial charge in [0.05, 0.1) is 15.7 Å². The van der Waals surface area contributed by atoms with Crippen molar-refractivity contribution in [1.29, 1.82) is 0 Å². The highest BCUT2D eigenvalue weighted by Crippen LogP contribution is 2.30. The maximum atomic E-state index is 11.8. The Balaban J connectivity index is 2.73. The van der Waals surface area contributed by atoms with E-state index < -0.39 is 9.84 Å². The van der Waals surface area contributed by atoms with E-state index in [2.05, 4.69) is 9.97 Å². The largest absolute Gasteiger partial charge is 0.240 e. The molecule has 0 aliphatic rings. The monoisotopic (exact) mass is 316 g/mol. The first kappa shape index (κ1) is 14.2. The SMILES string of the molecule is Cc1ncc(S(C)(=O)=O)c(-c2ccc(Cl)c(Cl)c2)n1. The summed E-state index contributed by atoms with van der Waals surface area (Å²) in [5, 5.41) is 0.743. The summed E-state index contributed by atoms with van der Waals surface area (Å²) in [4.78, 5) is 8.18. The zero-order valence-corrected chi connectivity index (χ0v) is 12.5. The van der Waals surface area contributed by atoms with Crippen LogP contribution in [0, 0.1) is 6.92 Å². The van der Waals surface area contributed by atoms with Crippen LogP contribution in [0.5, 0.6) is 0 Å². The van der Waals surface area contributed by atoms with Gasteiger partial charge in [0.2, 0.25) is 0 Å². The van der Waals surface area contributed by atoms with E-state index >= 15 is 0 Å². The molecular weight excluding hydrogens is 307 g/mol. The number of aromatic nitrogens is 2. The molecule has 0 aliphatic heterocycles. The molecule has 0 unspecified atom stereocenters. The first-order valence-corrected chi connectivity index (χ1v) is 7.93. The average Bonchev–Trinajstić information content (AvgIpc) is 2.31. The summed E-state index contributed by atoms with van der Waals surface area (Å²) in [6, 6.07) is 4.85. The Morgan fingerprint density at radius 1 is 1.16 bits per heavy atom. The van der Waals surface area contributed by atoms with Crippen LogP contribution in [0.4, 0.5) is 0 Å². The van der Waals surface area contributed by atoms with E-state index in [4.69, 9.17) is 23.2 Å². The van der Waals surface area contributed by atoms with Crippen LogP contribution < -0.4 is 0 Å². The van der Waals surface area contributed by atoms with Gasteiger partial charge >= 0.3 is 0 Å². The van der Waals surface area contributed by atoms with Crippen molar-refractivity contribution in [3.05, 3.63) is 40.3 Å². The molecule has 1 aromatic carbocycles. The molecule has 0 atom stereocenters. The number of nitrogens with zero attached hydrogens (tertiary/aromatic N) is 2. The van der Waals surface area contributed by atoms with Crippen molar-refractivity contribution in [2.75, 3.05) is 6.26 Å². The van der Waals surface area contributed by atoms with Crippen molar-refractivity contribution >= 4 is 33.0 Å². The van der Waals surface area contributed by atoms with Gasteiger partial charge in [0, 0.05) is 18.0 Å². The third-order valence-electron chi connectivity index (χ3n) is 2.47. The fourth-order valence-electron chi connectivity index (χ4n) is 1.58. The van der Waals surface area contributed by atoms with Crippen LogP contribution in [-0.2, 0) is 9.84 Å². The van der Waals surface area contributed by atoms with Crippen LogP contribution >= 0.6 is 23.2 Å². The molecule has 1 heterocycles. The number of hydrogen-bond donors (Lipinski definition) is 0. The molecule has 4 nitrogen and oxygen atoms in total. The van der Waals surface area contributed by atoms with Gasteiger partial charge in [0.25, 0.3) is 0 Å². The second-order valence-corrected chi connectivity index (χ2v) is 6.83. The lowest BCUT2D eigenvalue weighted by Crippen LogP contribution is -2.04. The molecule has 0 amide bonds. The number of rotatable bonds is 2. The summed E-state index contributed by atoms with van der Waals surface area (Å²) in [7, 11) is -3.42. The van der Waals surface area contributed by atoms with E-state index in [1.54, 1.807) is 25.1 Å². The lowest BCUT2D eigenvalue weighted by Gasteiger charge is -2.08. The second-order valence-electron chi connectivity index (χ2n) is 4.03. The molecular formula is C12H10Cl2N2O2S. The summed E-state index contributed by atoms with van der Waals surface area (Å²) < 4.78 is 23.5.